The minimum atomic E-state index is -0.444. The van der Waals surface area contributed by atoms with E-state index in [9.17, 15) is 5.21 Å². The van der Waals surface area contributed by atoms with Crippen LogP contribution in [0, 0.1) is 5.21 Å². The fraction of sp³-hybridized carbons (Fsp3) is 1.00. The van der Waals surface area contributed by atoms with Gasteiger partial charge in [0.15, 0.2) is 0 Å². The minimum Gasteiger partial charge on any atom is -0.634 e. The van der Waals surface area contributed by atoms with Gasteiger partial charge in [0.2, 0.25) is 0 Å². The molecule has 0 aromatic heterocycles. The Balaban J connectivity index is 3.78. The molecule has 0 aliphatic carbocycles. The van der Waals surface area contributed by atoms with Crippen molar-refractivity contribution in [1.29, 1.82) is 0 Å². The van der Waals surface area contributed by atoms with E-state index in [1.165, 1.54) is 77.0 Å². The number of nitrogens with one attached hydrogen (secondary N) is 1. The second-order valence-electron chi connectivity index (χ2n) is 8.93. The standard InChI is InChI=1S/C24H51NO5/c1-3-5-7-9-11-13-15-17-19-23(29-27)21-25(26)22-24(30-28)20-18-16-14-12-10-8-6-4-2/h23-25,27-28H,3-22H2,1-2H3. The van der Waals surface area contributed by atoms with Crippen LogP contribution in [-0.2, 0) is 9.78 Å². The summed E-state index contributed by atoms with van der Waals surface area (Å²) < 4.78 is 0. The van der Waals surface area contributed by atoms with E-state index in [4.69, 9.17) is 10.5 Å². The molecule has 0 bridgehead atoms. The molecule has 30 heavy (non-hydrogen) atoms. The highest BCUT2D eigenvalue weighted by Crippen LogP contribution is 2.12. The van der Waals surface area contributed by atoms with Crippen LogP contribution in [0.2, 0.25) is 0 Å². The monoisotopic (exact) mass is 433 g/mol. The molecule has 0 heterocycles. The maximum absolute atomic E-state index is 12.3. The Bertz CT molecular complexity index is 303. The van der Waals surface area contributed by atoms with Gasteiger partial charge < -0.3 is 10.3 Å². The van der Waals surface area contributed by atoms with Crippen LogP contribution in [-0.4, -0.2) is 35.8 Å². The van der Waals surface area contributed by atoms with Crippen molar-refractivity contribution in [1.82, 2.24) is 0 Å². The molecule has 0 aliphatic rings. The lowest BCUT2D eigenvalue weighted by molar-refractivity contribution is -0.858. The Hall–Kier alpha value is -0.240. The Kier molecular flexibility index (Phi) is 23.2. The molecule has 3 N–H and O–H groups in total. The van der Waals surface area contributed by atoms with Crippen molar-refractivity contribution in [2.45, 2.75) is 142 Å². The van der Waals surface area contributed by atoms with Gasteiger partial charge in [-0.15, -0.1) is 0 Å². The average Bonchev–Trinajstić information content (AvgIpc) is 2.75. The molecular formula is C24H51NO5. The molecule has 0 saturated heterocycles. The largest absolute Gasteiger partial charge is 0.634 e. The SMILES string of the molecule is CCCCCCCCCCC(C[NH+]([O-])CC(CCCCCCCCCC)OO)OO. The Labute approximate surface area is 185 Å². The first-order valence-electron chi connectivity index (χ1n) is 12.8. The summed E-state index contributed by atoms with van der Waals surface area (Å²) in [6.45, 7) is 4.82. The van der Waals surface area contributed by atoms with Gasteiger partial charge in [-0.1, -0.05) is 117 Å². The van der Waals surface area contributed by atoms with E-state index in [1.807, 2.05) is 0 Å². The lowest BCUT2D eigenvalue weighted by Crippen LogP contribution is -3.09. The number of hydroxylamine groups is 2. The van der Waals surface area contributed by atoms with Crippen LogP contribution in [0.1, 0.15) is 129 Å². The summed E-state index contributed by atoms with van der Waals surface area (Å²) in [4.78, 5) is 9.05. The highest BCUT2D eigenvalue weighted by molar-refractivity contribution is 4.59. The zero-order valence-electron chi connectivity index (χ0n) is 19.9. The summed E-state index contributed by atoms with van der Waals surface area (Å²) >= 11 is 0. The van der Waals surface area contributed by atoms with Crippen molar-refractivity contribution in [3.63, 3.8) is 0 Å². The van der Waals surface area contributed by atoms with Crippen LogP contribution in [0.25, 0.3) is 0 Å². The summed E-state index contributed by atoms with van der Waals surface area (Å²) in [5.74, 6) is 0. The fourth-order valence-electron chi connectivity index (χ4n) is 3.99. The predicted molar refractivity (Wildman–Crippen MR) is 124 cm³/mol. The molecule has 0 radical (unpaired) electrons. The molecule has 0 aliphatic heterocycles. The van der Waals surface area contributed by atoms with Gasteiger partial charge in [-0.3, -0.25) is 10.5 Å². The first kappa shape index (κ1) is 29.8. The van der Waals surface area contributed by atoms with E-state index in [1.54, 1.807) is 0 Å². The fourth-order valence-corrected chi connectivity index (χ4v) is 3.99. The van der Waals surface area contributed by atoms with E-state index < -0.39 is 12.2 Å². The van der Waals surface area contributed by atoms with Crippen molar-refractivity contribution in [3.8, 4) is 0 Å². The molecule has 0 amide bonds. The first-order chi connectivity index (χ1) is 14.7. The third-order valence-electron chi connectivity index (χ3n) is 5.97. The van der Waals surface area contributed by atoms with Crippen molar-refractivity contribution in [2.24, 2.45) is 0 Å². The van der Waals surface area contributed by atoms with Crippen LogP contribution in [0.4, 0.5) is 0 Å². The molecule has 2 unspecified atom stereocenters. The molecule has 182 valence electrons. The molecule has 0 rings (SSSR count). The second-order valence-corrected chi connectivity index (χ2v) is 8.93. The Morgan fingerprint density at radius 3 is 1.17 bits per heavy atom. The van der Waals surface area contributed by atoms with Crippen molar-refractivity contribution < 1.29 is 25.4 Å². The molecule has 6 heteroatoms. The smallest absolute Gasteiger partial charge is 0.142 e. The predicted octanol–water partition coefficient (Wildman–Crippen LogP) is 6.15. The van der Waals surface area contributed by atoms with Crippen LogP contribution >= 0.6 is 0 Å². The van der Waals surface area contributed by atoms with Crippen molar-refractivity contribution >= 4 is 0 Å². The molecule has 0 saturated carbocycles. The second kappa shape index (κ2) is 23.4. The normalized spacial score (nSPS) is 14.7. The van der Waals surface area contributed by atoms with Gasteiger partial charge >= 0.3 is 0 Å². The van der Waals surface area contributed by atoms with E-state index in [0.717, 1.165) is 25.7 Å². The molecule has 0 aromatic carbocycles. The number of unbranched alkanes of at least 4 members (excludes halogenated alkanes) is 14. The lowest BCUT2D eigenvalue weighted by Gasteiger charge is -2.28. The number of rotatable bonds is 24. The minimum absolute atomic E-state index is 0.0211. The summed E-state index contributed by atoms with van der Waals surface area (Å²) in [6.07, 6.45) is 20.0. The van der Waals surface area contributed by atoms with Gasteiger partial charge in [-0.25, -0.2) is 9.78 Å². The highest BCUT2D eigenvalue weighted by atomic mass is 17.1. The third-order valence-corrected chi connectivity index (χ3v) is 5.97. The van der Waals surface area contributed by atoms with Gasteiger partial charge in [0.05, 0.1) is 0 Å². The number of hydrogen-bond acceptors (Lipinski definition) is 5. The zero-order chi connectivity index (χ0) is 22.3. The topological polar surface area (TPSA) is 86.4 Å². The van der Waals surface area contributed by atoms with Gasteiger partial charge in [-0.2, -0.15) is 0 Å². The lowest BCUT2D eigenvalue weighted by atomic mass is 10.0. The summed E-state index contributed by atoms with van der Waals surface area (Å²) in [5.41, 5.74) is 0. The van der Waals surface area contributed by atoms with Gasteiger partial charge in [0, 0.05) is 0 Å². The number of hydrogen-bond donors (Lipinski definition) is 3. The first-order valence-corrected chi connectivity index (χ1v) is 12.8. The summed E-state index contributed by atoms with van der Waals surface area (Å²) in [7, 11) is 0. The summed E-state index contributed by atoms with van der Waals surface area (Å²) in [6, 6.07) is 0. The Morgan fingerprint density at radius 2 is 0.867 bits per heavy atom. The number of quaternary nitrogens is 1. The Morgan fingerprint density at radius 1 is 0.567 bits per heavy atom. The van der Waals surface area contributed by atoms with E-state index in [0.29, 0.717) is 12.8 Å². The van der Waals surface area contributed by atoms with Gasteiger partial charge in [-0.05, 0) is 12.8 Å². The maximum atomic E-state index is 12.3. The summed E-state index contributed by atoms with van der Waals surface area (Å²) in [5, 5.41) is 30.5. The van der Waals surface area contributed by atoms with Gasteiger partial charge in [0.25, 0.3) is 0 Å². The van der Waals surface area contributed by atoms with Gasteiger partial charge in [0.1, 0.15) is 25.3 Å². The van der Waals surface area contributed by atoms with E-state index in [2.05, 4.69) is 23.6 Å². The van der Waals surface area contributed by atoms with Crippen LogP contribution in [0.15, 0.2) is 0 Å². The van der Waals surface area contributed by atoms with Crippen LogP contribution in [0.5, 0.6) is 0 Å². The molecular weight excluding hydrogens is 382 g/mol. The van der Waals surface area contributed by atoms with Crippen molar-refractivity contribution in [2.75, 3.05) is 13.1 Å². The van der Waals surface area contributed by atoms with E-state index >= 15 is 0 Å². The molecule has 0 aromatic rings. The highest BCUT2D eigenvalue weighted by Gasteiger charge is 2.18. The van der Waals surface area contributed by atoms with E-state index in [-0.39, 0.29) is 18.2 Å². The molecule has 0 spiro atoms. The van der Waals surface area contributed by atoms with Crippen molar-refractivity contribution in [3.05, 3.63) is 5.21 Å². The third kappa shape index (κ3) is 19.7. The molecule has 6 nitrogen and oxygen atoms in total. The quantitative estimate of drug-likeness (QED) is 0.0966. The average molecular weight is 434 g/mol. The van der Waals surface area contributed by atoms with Crippen LogP contribution in [0.3, 0.4) is 0 Å². The molecule has 0 fully saturated rings. The zero-order valence-corrected chi connectivity index (χ0v) is 19.9. The molecule has 2 atom stereocenters. The van der Waals surface area contributed by atoms with Crippen LogP contribution < -0.4 is 5.06 Å². The maximum Gasteiger partial charge on any atom is 0.142 e.